The second-order valence-corrected chi connectivity index (χ2v) is 9.30. The first-order valence-corrected chi connectivity index (χ1v) is 12.3. The Morgan fingerprint density at radius 3 is 2.33 bits per heavy atom. The molecular weight excluding hydrogens is 590 g/mol. The Morgan fingerprint density at radius 1 is 1.10 bits per heavy atom. The number of aromatic nitrogens is 2. The van der Waals surface area contributed by atoms with Gasteiger partial charge in [-0.1, -0.05) is 46.9 Å². The molecule has 0 bridgehead atoms. The number of rotatable bonds is 6. The molecule has 0 spiro atoms. The van der Waals surface area contributed by atoms with Crippen LogP contribution in [0.2, 0.25) is 15.1 Å². The van der Waals surface area contributed by atoms with Crippen molar-refractivity contribution >= 4 is 52.6 Å². The van der Waals surface area contributed by atoms with Gasteiger partial charge in [0.1, 0.15) is 12.2 Å². The molecule has 0 unspecified atom stereocenters. The van der Waals surface area contributed by atoms with Crippen molar-refractivity contribution in [3.8, 4) is 5.69 Å². The molecule has 0 N–H and O–H groups in total. The van der Waals surface area contributed by atoms with Crippen LogP contribution in [-0.4, -0.2) is 41.0 Å². The van der Waals surface area contributed by atoms with Crippen molar-refractivity contribution < 1.29 is 32.2 Å². The summed E-state index contributed by atoms with van der Waals surface area (Å²) in [4.78, 5) is 52.4. The zero-order chi connectivity index (χ0) is 28.6. The molecule has 2 aromatic carbocycles. The first kappa shape index (κ1) is 28.5. The second-order valence-electron chi connectivity index (χ2n) is 8.11. The average Bonchev–Trinajstić information content (AvgIpc) is 3.27. The van der Waals surface area contributed by atoms with E-state index in [1.54, 1.807) is 0 Å². The number of benzene rings is 2. The fraction of sp³-hybridized carbons (Fsp3) is 0.250. The summed E-state index contributed by atoms with van der Waals surface area (Å²) in [5.74, 6) is -1.08. The van der Waals surface area contributed by atoms with Crippen molar-refractivity contribution in [3.63, 3.8) is 0 Å². The van der Waals surface area contributed by atoms with E-state index in [-0.39, 0.29) is 46.7 Å². The summed E-state index contributed by atoms with van der Waals surface area (Å²) < 4.78 is 51.3. The molecule has 0 saturated carbocycles. The Bertz CT molecular complexity index is 1580. The minimum Gasteiger partial charge on any atom is -0.462 e. The topological polar surface area (TPSA) is 99.8 Å². The number of carbonyl (C=O) groups excluding carboxylic acids is 2. The third kappa shape index (κ3) is 5.49. The number of hydrogen-bond donors (Lipinski definition) is 0. The van der Waals surface area contributed by atoms with Gasteiger partial charge in [0.25, 0.3) is 5.56 Å². The lowest BCUT2D eigenvalue weighted by atomic mass is 10.1. The first-order chi connectivity index (χ1) is 18.3. The van der Waals surface area contributed by atoms with E-state index in [2.05, 4.69) is 0 Å². The standard InChI is InChI=1S/C24H17Cl3F3N3O6/c1-2-38-21(35)14-11-32(13-8-16(25)19(17(26)9-13)31-6-7-39-23(31)37)22(36)33(20(14)34)10-12-4-3-5-15(18(12)27)24(28,29)30/h3-5,8-9,11H,2,6-7,10H2,1H3. The lowest BCUT2D eigenvalue weighted by Crippen LogP contribution is -2.42. The van der Waals surface area contributed by atoms with E-state index in [0.717, 1.165) is 22.9 Å². The molecular formula is C24H17Cl3F3N3O6. The van der Waals surface area contributed by atoms with Crippen LogP contribution in [0.5, 0.6) is 0 Å². The highest BCUT2D eigenvalue weighted by Crippen LogP contribution is 2.38. The molecule has 0 aliphatic carbocycles. The molecule has 1 saturated heterocycles. The Morgan fingerprint density at radius 2 is 1.77 bits per heavy atom. The average molecular weight is 607 g/mol. The van der Waals surface area contributed by atoms with Crippen molar-refractivity contribution in [3.05, 3.63) is 89.1 Å². The highest BCUT2D eigenvalue weighted by Gasteiger charge is 2.34. The summed E-state index contributed by atoms with van der Waals surface area (Å²) in [6, 6.07) is 5.56. The van der Waals surface area contributed by atoms with E-state index >= 15 is 0 Å². The molecule has 15 heteroatoms. The fourth-order valence-electron chi connectivity index (χ4n) is 3.91. The van der Waals surface area contributed by atoms with Gasteiger partial charge in [-0.15, -0.1) is 0 Å². The molecule has 3 aromatic rings. The highest BCUT2D eigenvalue weighted by atomic mass is 35.5. The summed E-state index contributed by atoms with van der Waals surface area (Å²) in [5, 5.41) is -0.823. The molecule has 0 radical (unpaired) electrons. The van der Waals surface area contributed by atoms with Crippen LogP contribution in [-0.2, 0) is 22.2 Å². The monoisotopic (exact) mass is 605 g/mol. The summed E-state index contributed by atoms with van der Waals surface area (Å²) in [5.41, 5.74) is -3.99. The van der Waals surface area contributed by atoms with E-state index < -0.39 is 52.2 Å². The minimum atomic E-state index is -4.79. The van der Waals surface area contributed by atoms with Gasteiger partial charge >= 0.3 is 23.9 Å². The summed E-state index contributed by atoms with van der Waals surface area (Å²) >= 11 is 18.7. The third-order valence-corrected chi connectivity index (χ3v) is 6.71. The SMILES string of the molecule is CCOC(=O)c1cn(-c2cc(Cl)c(N3CCOC3=O)c(Cl)c2)c(=O)n(Cc2cccc(C(F)(F)F)c2Cl)c1=O. The zero-order valence-corrected chi connectivity index (χ0v) is 22.1. The van der Waals surface area contributed by atoms with E-state index in [1.165, 1.54) is 30.0 Å². The van der Waals surface area contributed by atoms with Crippen LogP contribution < -0.4 is 16.1 Å². The maximum atomic E-state index is 13.5. The quantitative estimate of drug-likeness (QED) is 0.360. The number of halogens is 6. The lowest BCUT2D eigenvalue weighted by Gasteiger charge is -2.19. The summed E-state index contributed by atoms with van der Waals surface area (Å²) in [6.07, 6.45) is -4.55. The molecule has 1 aliphatic rings. The van der Waals surface area contributed by atoms with E-state index in [0.29, 0.717) is 4.57 Å². The van der Waals surface area contributed by atoms with Crippen LogP contribution in [0.3, 0.4) is 0 Å². The molecule has 0 atom stereocenters. The van der Waals surface area contributed by atoms with Crippen LogP contribution in [0.15, 0.2) is 46.1 Å². The summed E-state index contributed by atoms with van der Waals surface area (Å²) in [7, 11) is 0. The van der Waals surface area contributed by atoms with Gasteiger partial charge in [-0.2, -0.15) is 13.2 Å². The van der Waals surface area contributed by atoms with Crippen molar-refractivity contribution in [1.82, 2.24) is 9.13 Å². The molecule has 4 rings (SSSR count). The van der Waals surface area contributed by atoms with Gasteiger partial charge in [-0.25, -0.2) is 14.4 Å². The lowest BCUT2D eigenvalue weighted by molar-refractivity contribution is -0.137. The van der Waals surface area contributed by atoms with Crippen LogP contribution in [0.25, 0.3) is 5.69 Å². The minimum absolute atomic E-state index is 0.0132. The zero-order valence-electron chi connectivity index (χ0n) is 19.9. The van der Waals surface area contributed by atoms with Gasteiger partial charge < -0.3 is 9.47 Å². The Labute approximate surface area is 232 Å². The first-order valence-electron chi connectivity index (χ1n) is 11.2. The normalized spacial score (nSPS) is 13.5. The van der Waals surface area contributed by atoms with Crippen molar-refractivity contribution in [2.24, 2.45) is 0 Å². The smallest absolute Gasteiger partial charge is 0.417 e. The highest BCUT2D eigenvalue weighted by molar-refractivity contribution is 6.40. The van der Waals surface area contributed by atoms with Crippen molar-refractivity contribution in [2.75, 3.05) is 24.7 Å². The van der Waals surface area contributed by atoms with Crippen LogP contribution in [0, 0.1) is 0 Å². The molecule has 1 aromatic heterocycles. The van der Waals surface area contributed by atoms with Crippen LogP contribution in [0.1, 0.15) is 28.4 Å². The molecule has 1 aliphatic heterocycles. The molecule has 206 valence electrons. The van der Waals surface area contributed by atoms with Gasteiger partial charge in [0.2, 0.25) is 0 Å². The van der Waals surface area contributed by atoms with Crippen LogP contribution in [0.4, 0.5) is 23.7 Å². The third-order valence-electron chi connectivity index (χ3n) is 5.69. The number of amides is 1. The van der Waals surface area contributed by atoms with Gasteiger partial charge in [0.05, 0.1) is 51.7 Å². The number of nitrogens with zero attached hydrogens (tertiary/aromatic N) is 3. The van der Waals surface area contributed by atoms with Crippen molar-refractivity contribution in [1.29, 1.82) is 0 Å². The summed E-state index contributed by atoms with van der Waals surface area (Å²) in [6.45, 7) is 0.977. The number of hydrogen-bond acceptors (Lipinski definition) is 6. The molecule has 1 fully saturated rings. The molecule has 1 amide bonds. The van der Waals surface area contributed by atoms with Gasteiger partial charge in [0.15, 0.2) is 0 Å². The predicted octanol–water partition coefficient (Wildman–Crippen LogP) is 5.16. The van der Waals surface area contributed by atoms with E-state index in [1.807, 2.05) is 0 Å². The predicted molar refractivity (Wildman–Crippen MR) is 137 cm³/mol. The van der Waals surface area contributed by atoms with Crippen molar-refractivity contribution in [2.45, 2.75) is 19.6 Å². The fourth-order valence-corrected chi connectivity index (χ4v) is 4.88. The van der Waals surface area contributed by atoms with E-state index in [4.69, 9.17) is 44.3 Å². The second kappa shape index (κ2) is 10.9. The number of esters is 1. The van der Waals surface area contributed by atoms with Gasteiger partial charge in [-0.05, 0) is 30.7 Å². The Hall–Kier alpha value is -3.48. The Kier molecular flexibility index (Phi) is 8.01. The molecule has 39 heavy (non-hydrogen) atoms. The van der Waals surface area contributed by atoms with Crippen LogP contribution >= 0.6 is 34.8 Å². The number of ether oxygens (including phenoxy) is 2. The largest absolute Gasteiger partial charge is 0.462 e. The Balaban J connectivity index is 1.91. The molecule has 2 heterocycles. The number of alkyl halides is 3. The molecule has 9 nitrogen and oxygen atoms in total. The van der Waals surface area contributed by atoms with E-state index in [9.17, 15) is 32.3 Å². The number of anilines is 1. The van der Waals surface area contributed by atoms with Gasteiger partial charge in [0, 0.05) is 6.20 Å². The maximum absolute atomic E-state index is 13.5. The number of cyclic esters (lactones) is 1. The number of carbonyl (C=O) groups is 2. The maximum Gasteiger partial charge on any atom is 0.417 e. The van der Waals surface area contributed by atoms with Gasteiger partial charge in [-0.3, -0.25) is 18.8 Å².